The first-order chi connectivity index (χ1) is 19.6. The summed E-state index contributed by atoms with van der Waals surface area (Å²) in [7, 11) is 3.74. The Morgan fingerprint density at radius 2 is 1.20 bits per heavy atom. The molecule has 1 saturated heterocycles. The second-order valence-electron chi connectivity index (χ2n) is 11.0. The number of nitrogens with zero attached hydrogens (tertiary/aromatic N) is 1. The van der Waals surface area contributed by atoms with Crippen molar-refractivity contribution >= 4 is 23.7 Å². The van der Waals surface area contributed by atoms with Crippen molar-refractivity contribution in [2.24, 2.45) is 0 Å². The van der Waals surface area contributed by atoms with Crippen LogP contribution in [0.15, 0.2) is 78.9 Å². The van der Waals surface area contributed by atoms with E-state index in [2.05, 4.69) is 132 Å². The van der Waals surface area contributed by atoms with Crippen molar-refractivity contribution in [2.45, 2.75) is 79.9 Å². The summed E-state index contributed by atoms with van der Waals surface area (Å²) in [6.45, 7) is 20.1. The van der Waals surface area contributed by atoms with Crippen molar-refractivity contribution in [2.75, 3.05) is 27.2 Å². The molecule has 5 heteroatoms. The minimum absolute atomic E-state index is 0.361. The Balaban J connectivity index is 0.00000141. The van der Waals surface area contributed by atoms with Crippen LogP contribution in [0.3, 0.4) is 0 Å². The van der Waals surface area contributed by atoms with Crippen molar-refractivity contribution < 1.29 is 14.0 Å². The van der Waals surface area contributed by atoms with Gasteiger partial charge >= 0.3 is 7.12 Å². The molecule has 41 heavy (non-hydrogen) atoms. The lowest BCUT2D eigenvalue weighted by Crippen LogP contribution is -2.41. The Kier molecular flexibility index (Phi) is 13.4. The van der Waals surface area contributed by atoms with Crippen LogP contribution in [0, 0.1) is 0 Å². The lowest BCUT2D eigenvalue weighted by molar-refractivity contribution is 0.00578. The van der Waals surface area contributed by atoms with Gasteiger partial charge in [-0.05, 0) is 93.6 Å². The molecule has 1 aliphatic heterocycles. The van der Waals surface area contributed by atoms with Gasteiger partial charge in [-0.15, -0.1) is 0 Å². The van der Waals surface area contributed by atoms with Crippen molar-refractivity contribution in [3.63, 3.8) is 0 Å². The molecule has 1 fully saturated rings. The molecule has 4 nitrogen and oxygen atoms in total. The van der Waals surface area contributed by atoms with Crippen molar-refractivity contribution in [3.05, 3.63) is 95.6 Å². The molecule has 0 atom stereocenters. The minimum atomic E-state index is -0.371. The number of allylic oxidation sites excluding steroid dienone is 1. The molecule has 4 rings (SSSR count). The first-order valence-electron chi connectivity index (χ1n) is 15.2. The van der Waals surface area contributed by atoms with Crippen LogP contribution in [-0.2, 0) is 9.31 Å². The Hall–Kier alpha value is -2.86. The summed E-state index contributed by atoms with van der Waals surface area (Å²) in [5, 5.41) is 0. The van der Waals surface area contributed by atoms with Gasteiger partial charge < -0.3 is 18.9 Å². The molecule has 3 aromatic carbocycles. The maximum atomic E-state index is 6.28. The first-order valence-corrected chi connectivity index (χ1v) is 15.2. The van der Waals surface area contributed by atoms with Crippen LogP contribution in [0.2, 0.25) is 0 Å². The van der Waals surface area contributed by atoms with E-state index in [0.717, 1.165) is 24.2 Å². The Labute approximate surface area is 250 Å². The molecular formula is C36H52BNO3. The zero-order chi connectivity index (χ0) is 30.6. The number of hydrogen-bond donors (Lipinski definition) is 0. The molecule has 1 heterocycles. The highest BCUT2D eigenvalue weighted by molar-refractivity contribution is 6.62. The molecule has 222 valence electrons. The third-order valence-corrected chi connectivity index (χ3v) is 7.45. The van der Waals surface area contributed by atoms with E-state index in [4.69, 9.17) is 14.0 Å². The Morgan fingerprint density at radius 3 is 1.66 bits per heavy atom. The number of ether oxygens (including phenoxy) is 1. The lowest BCUT2D eigenvalue weighted by Gasteiger charge is -2.32. The zero-order valence-electron chi connectivity index (χ0n) is 27.4. The second kappa shape index (κ2) is 16.0. The average Bonchev–Trinajstić information content (AvgIpc) is 3.21. The first kappa shape index (κ1) is 34.3. The molecule has 0 N–H and O–H groups in total. The molecule has 0 aliphatic carbocycles. The Morgan fingerprint density at radius 1 is 0.707 bits per heavy atom. The second-order valence-corrected chi connectivity index (χ2v) is 11.0. The van der Waals surface area contributed by atoms with Crippen LogP contribution in [0.25, 0.3) is 11.1 Å². The minimum Gasteiger partial charge on any atom is -0.492 e. The number of rotatable bonds is 9. The van der Waals surface area contributed by atoms with E-state index in [1.807, 2.05) is 27.7 Å². The SMILES string of the molecule is CC.CC.CC/C(=C(/c1ccc(OCCN(C)C)cc1)c1ccc(B2OC(C)(C)C(C)(C)O2)cc1)c1ccccc1. The summed E-state index contributed by atoms with van der Waals surface area (Å²) in [5.74, 6) is 0.888. The fraction of sp³-hybridized carbons (Fsp3) is 0.444. The van der Waals surface area contributed by atoms with Crippen LogP contribution in [0.5, 0.6) is 5.75 Å². The molecule has 0 spiro atoms. The van der Waals surface area contributed by atoms with Crippen LogP contribution in [0.1, 0.15) is 85.4 Å². The molecule has 0 amide bonds. The topological polar surface area (TPSA) is 30.9 Å². The number of likely N-dealkylation sites (N-methyl/N-ethyl adjacent to an activating group) is 1. The highest BCUT2D eigenvalue weighted by atomic mass is 16.7. The maximum absolute atomic E-state index is 6.28. The summed E-state index contributed by atoms with van der Waals surface area (Å²) in [6, 6.07) is 27.8. The highest BCUT2D eigenvalue weighted by Crippen LogP contribution is 2.37. The summed E-state index contributed by atoms with van der Waals surface area (Å²) >= 11 is 0. The quantitative estimate of drug-likeness (QED) is 0.195. The van der Waals surface area contributed by atoms with Gasteiger partial charge in [0, 0.05) is 6.54 Å². The summed E-state index contributed by atoms with van der Waals surface area (Å²) < 4.78 is 18.5. The van der Waals surface area contributed by atoms with Crippen LogP contribution in [0.4, 0.5) is 0 Å². The van der Waals surface area contributed by atoms with E-state index in [1.54, 1.807) is 0 Å². The average molecular weight is 558 g/mol. The highest BCUT2D eigenvalue weighted by Gasteiger charge is 2.51. The van der Waals surface area contributed by atoms with E-state index < -0.39 is 0 Å². The smallest absolute Gasteiger partial charge is 0.492 e. The number of benzene rings is 3. The normalized spacial score (nSPS) is 15.8. The van der Waals surface area contributed by atoms with Gasteiger partial charge in [0.25, 0.3) is 0 Å². The van der Waals surface area contributed by atoms with Crippen molar-refractivity contribution in [1.82, 2.24) is 4.90 Å². The monoisotopic (exact) mass is 557 g/mol. The predicted octanol–water partition coefficient (Wildman–Crippen LogP) is 8.35. The molecule has 3 aromatic rings. The molecule has 0 saturated carbocycles. The van der Waals surface area contributed by atoms with Gasteiger partial charge in [0.05, 0.1) is 11.2 Å². The van der Waals surface area contributed by atoms with Crippen molar-refractivity contribution in [1.29, 1.82) is 0 Å². The molecule has 0 aromatic heterocycles. The van der Waals surface area contributed by atoms with Crippen molar-refractivity contribution in [3.8, 4) is 5.75 Å². The molecular weight excluding hydrogens is 505 g/mol. The molecule has 1 aliphatic rings. The zero-order valence-corrected chi connectivity index (χ0v) is 27.4. The Bertz CT molecular complexity index is 1180. The summed E-state index contributed by atoms with van der Waals surface area (Å²) in [4.78, 5) is 2.12. The standard InChI is InChI=1S/C32H40BNO3.2C2H6/c1-8-29(24-12-10-9-11-13-24)30(26-16-20-28(21-17-26)35-23-22-34(6)7)25-14-18-27(19-15-25)33-36-31(2,3)32(4,5)37-33;2*1-2/h9-21H,8,22-23H2,1-7H3;2*1-2H3/b30-29-;;. The van der Waals surface area contributed by atoms with Crippen LogP contribution < -0.4 is 10.2 Å². The van der Waals surface area contributed by atoms with E-state index >= 15 is 0 Å². The van der Waals surface area contributed by atoms with E-state index in [1.165, 1.54) is 27.8 Å². The van der Waals surface area contributed by atoms with Gasteiger partial charge in [-0.1, -0.05) is 101 Å². The van der Waals surface area contributed by atoms with Gasteiger partial charge in [-0.3, -0.25) is 0 Å². The maximum Gasteiger partial charge on any atom is 0.494 e. The summed E-state index contributed by atoms with van der Waals surface area (Å²) in [5.41, 5.74) is 6.43. The van der Waals surface area contributed by atoms with Crippen LogP contribution >= 0.6 is 0 Å². The molecule has 0 radical (unpaired) electrons. The fourth-order valence-corrected chi connectivity index (χ4v) is 4.53. The summed E-state index contributed by atoms with van der Waals surface area (Å²) in [6.07, 6.45) is 0.916. The lowest BCUT2D eigenvalue weighted by atomic mass is 9.78. The van der Waals surface area contributed by atoms with Gasteiger partial charge in [-0.2, -0.15) is 0 Å². The van der Waals surface area contributed by atoms with Crippen LogP contribution in [-0.4, -0.2) is 50.5 Å². The van der Waals surface area contributed by atoms with Gasteiger partial charge in [0.1, 0.15) is 12.4 Å². The van der Waals surface area contributed by atoms with E-state index in [-0.39, 0.29) is 18.3 Å². The molecule has 0 unspecified atom stereocenters. The fourth-order valence-electron chi connectivity index (χ4n) is 4.53. The van der Waals surface area contributed by atoms with Gasteiger partial charge in [0.2, 0.25) is 0 Å². The predicted molar refractivity (Wildman–Crippen MR) is 178 cm³/mol. The van der Waals surface area contributed by atoms with Gasteiger partial charge in [-0.25, -0.2) is 0 Å². The third-order valence-electron chi connectivity index (χ3n) is 7.45. The number of hydrogen-bond acceptors (Lipinski definition) is 4. The van der Waals surface area contributed by atoms with E-state index in [9.17, 15) is 0 Å². The third kappa shape index (κ3) is 8.81. The largest absolute Gasteiger partial charge is 0.494 e. The molecule has 0 bridgehead atoms. The van der Waals surface area contributed by atoms with Gasteiger partial charge in [0.15, 0.2) is 0 Å². The van der Waals surface area contributed by atoms with E-state index in [0.29, 0.717) is 6.61 Å².